The molecule has 1 unspecified atom stereocenters. The second-order valence-corrected chi connectivity index (χ2v) is 9.00. The molecular formula is C13H23BrN2O2S2. The van der Waals surface area contributed by atoms with Gasteiger partial charge in [-0.15, -0.1) is 11.3 Å². The minimum Gasteiger partial charge on any atom is -0.315 e. The van der Waals surface area contributed by atoms with Gasteiger partial charge in [-0.25, -0.2) is 13.1 Å². The fourth-order valence-corrected chi connectivity index (χ4v) is 6.25. The summed E-state index contributed by atoms with van der Waals surface area (Å²) in [4.78, 5) is 1.33. The average molecular weight is 383 g/mol. The van der Waals surface area contributed by atoms with E-state index in [0.29, 0.717) is 21.1 Å². The maximum Gasteiger partial charge on any atom is 0.242 e. The number of hydrogen-bond acceptors (Lipinski definition) is 4. The summed E-state index contributed by atoms with van der Waals surface area (Å²) < 4.78 is 28.4. The van der Waals surface area contributed by atoms with Crippen LogP contribution in [0.3, 0.4) is 0 Å². The fourth-order valence-electron chi connectivity index (χ4n) is 2.24. The lowest BCUT2D eigenvalue weighted by Gasteiger charge is -2.22. The predicted octanol–water partition coefficient (Wildman–Crippen LogP) is 3.33. The van der Waals surface area contributed by atoms with Crippen LogP contribution in [-0.2, 0) is 16.6 Å². The zero-order valence-electron chi connectivity index (χ0n) is 12.4. The molecule has 0 bridgehead atoms. The average Bonchev–Trinajstić information content (AvgIpc) is 2.72. The van der Waals surface area contributed by atoms with Crippen LogP contribution >= 0.6 is 27.3 Å². The Labute approximate surface area is 134 Å². The normalized spacial score (nSPS) is 13.9. The van der Waals surface area contributed by atoms with Gasteiger partial charge in [-0.05, 0) is 41.9 Å². The zero-order chi connectivity index (χ0) is 15.3. The summed E-state index contributed by atoms with van der Waals surface area (Å²) in [6.07, 6.45) is 1.94. The van der Waals surface area contributed by atoms with Gasteiger partial charge in [-0.1, -0.05) is 26.7 Å². The first-order valence-electron chi connectivity index (χ1n) is 6.80. The third-order valence-electron chi connectivity index (χ3n) is 3.44. The van der Waals surface area contributed by atoms with Gasteiger partial charge in [-0.2, -0.15) is 0 Å². The molecule has 1 aromatic rings. The van der Waals surface area contributed by atoms with Gasteiger partial charge in [0.1, 0.15) is 4.90 Å². The van der Waals surface area contributed by atoms with Gasteiger partial charge in [0.2, 0.25) is 10.0 Å². The molecule has 0 radical (unpaired) electrons. The van der Waals surface area contributed by atoms with Crippen LogP contribution in [0.5, 0.6) is 0 Å². The van der Waals surface area contributed by atoms with Crippen LogP contribution in [0.15, 0.2) is 14.7 Å². The number of rotatable bonds is 8. The van der Waals surface area contributed by atoms with Gasteiger partial charge < -0.3 is 5.32 Å². The Bertz CT molecular complexity index is 524. The standard InChI is InChI=1S/C13H23BrN2O2S2/c1-5-10(6-2)9(3)16-20(17,18)12-7-11(8-15-4)19-13(12)14/h7,9-10,15-16H,5-6,8H2,1-4H3. The van der Waals surface area contributed by atoms with Gasteiger partial charge in [0.05, 0.1) is 3.79 Å². The monoisotopic (exact) mass is 382 g/mol. The van der Waals surface area contributed by atoms with Crippen molar-refractivity contribution in [3.8, 4) is 0 Å². The van der Waals surface area contributed by atoms with Gasteiger partial charge >= 0.3 is 0 Å². The maximum atomic E-state index is 12.5. The Balaban J connectivity index is 2.93. The van der Waals surface area contributed by atoms with Crippen LogP contribution in [0.2, 0.25) is 0 Å². The lowest BCUT2D eigenvalue weighted by molar-refractivity contribution is 0.390. The quantitative estimate of drug-likeness (QED) is 0.724. The maximum absolute atomic E-state index is 12.5. The molecule has 1 heterocycles. The van der Waals surface area contributed by atoms with Crippen LogP contribution in [0.1, 0.15) is 38.5 Å². The fraction of sp³-hybridized carbons (Fsp3) is 0.692. The summed E-state index contributed by atoms with van der Waals surface area (Å²) in [5.41, 5.74) is 0. The summed E-state index contributed by atoms with van der Waals surface area (Å²) in [6.45, 7) is 6.78. The summed E-state index contributed by atoms with van der Waals surface area (Å²) in [7, 11) is -1.62. The highest BCUT2D eigenvalue weighted by molar-refractivity contribution is 9.11. The predicted molar refractivity (Wildman–Crippen MR) is 88.6 cm³/mol. The van der Waals surface area contributed by atoms with E-state index in [1.165, 1.54) is 11.3 Å². The molecule has 20 heavy (non-hydrogen) atoms. The lowest BCUT2D eigenvalue weighted by Crippen LogP contribution is -2.37. The molecule has 4 nitrogen and oxygen atoms in total. The molecule has 0 saturated carbocycles. The van der Waals surface area contributed by atoms with E-state index in [1.807, 2.05) is 14.0 Å². The van der Waals surface area contributed by atoms with Crippen molar-refractivity contribution in [1.29, 1.82) is 0 Å². The SMILES string of the molecule is CCC(CC)C(C)NS(=O)(=O)c1cc(CNC)sc1Br. The van der Waals surface area contributed by atoms with Crippen LogP contribution in [0.4, 0.5) is 0 Å². The van der Waals surface area contributed by atoms with Crippen LogP contribution in [0.25, 0.3) is 0 Å². The molecule has 0 amide bonds. The number of nitrogens with one attached hydrogen (secondary N) is 2. The third-order valence-corrected chi connectivity index (χ3v) is 7.25. The van der Waals surface area contributed by atoms with E-state index >= 15 is 0 Å². The smallest absolute Gasteiger partial charge is 0.242 e. The second-order valence-electron chi connectivity index (χ2n) is 4.87. The number of hydrogen-bond donors (Lipinski definition) is 2. The van der Waals surface area contributed by atoms with Crippen molar-refractivity contribution in [3.63, 3.8) is 0 Å². The topological polar surface area (TPSA) is 58.2 Å². The Morgan fingerprint density at radius 3 is 2.45 bits per heavy atom. The zero-order valence-corrected chi connectivity index (χ0v) is 15.6. The first-order chi connectivity index (χ1) is 9.35. The molecule has 0 aliphatic carbocycles. The Hall–Kier alpha value is 0.0500. The van der Waals surface area contributed by atoms with E-state index in [4.69, 9.17) is 0 Å². The Morgan fingerprint density at radius 2 is 1.95 bits per heavy atom. The summed E-state index contributed by atoms with van der Waals surface area (Å²) >= 11 is 4.80. The van der Waals surface area contributed by atoms with E-state index in [9.17, 15) is 8.42 Å². The molecule has 0 fully saturated rings. The summed E-state index contributed by atoms with van der Waals surface area (Å²) in [6, 6.07) is 1.67. The van der Waals surface area contributed by atoms with Crippen molar-refractivity contribution in [3.05, 3.63) is 14.7 Å². The molecule has 0 aliphatic heterocycles. The molecule has 0 spiro atoms. The number of thiophene rings is 1. The van der Waals surface area contributed by atoms with E-state index in [-0.39, 0.29) is 6.04 Å². The molecule has 2 N–H and O–H groups in total. The van der Waals surface area contributed by atoms with Crippen LogP contribution in [0, 0.1) is 5.92 Å². The van der Waals surface area contributed by atoms with E-state index in [2.05, 4.69) is 39.8 Å². The first-order valence-corrected chi connectivity index (χ1v) is 9.90. The largest absolute Gasteiger partial charge is 0.315 e. The number of sulfonamides is 1. The van der Waals surface area contributed by atoms with Crippen LogP contribution < -0.4 is 10.0 Å². The van der Waals surface area contributed by atoms with Crippen molar-refractivity contribution < 1.29 is 8.42 Å². The van der Waals surface area contributed by atoms with Gasteiger partial charge in [0, 0.05) is 17.5 Å². The molecule has 1 atom stereocenters. The van der Waals surface area contributed by atoms with Gasteiger partial charge in [0.15, 0.2) is 0 Å². The lowest BCUT2D eigenvalue weighted by atomic mass is 9.96. The highest BCUT2D eigenvalue weighted by Gasteiger charge is 2.25. The van der Waals surface area contributed by atoms with Gasteiger partial charge in [0.25, 0.3) is 0 Å². The van der Waals surface area contributed by atoms with Crippen molar-refractivity contribution in [2.45, 2.75) is 51.1 Å². The molecule has 0 aromatic carbocycles. The number of halogens is 1. The highest BCUT2D eigenvalue weighted by Crippen LogP contribution is 2.32. The van der Waals surface area contributed by atoms with E-state index in [1.54, 1.807) is 6.07 Å². The highest BCUT2D eigenvalue weighted by atomic mass is 79.9. The molecule has 1 aromatic heterocycles. The van der Waals surface area contributed by atoms with Crippen LogP contribution in [-0.4, -0.2) is 21.5 Å². The van der Waals surface area contributed by atoms with E-state index in [0.717, 1.165) is 17.7 Å². The van der Waals surface area contributed by atoms with Crippen molar-refractivity contribution in [1.82, 2.24) is 10.0 Å². The summed E-state index contributed by atoms with van der Waals surface area (Å²) in [5.74, 6) is 0.360. The molecule has 0 saturated heterocycles. The minimum atomic E-state index is -3.47. The minimum absolute atomic E-state index is 0.0606. The first kappa shape index (κ1) is 18.1. The summed E-state index contributed by atoms with van der Waals surface area (Å²) in [5, 5.41) is 3.03. The Morgan fingerprint density at radius 1 is 1.35 bits per heavy atom. The third kappa shape index (κ3) is 4.53. The van der Waals surface area contributed by atoms with Crippen molar-refractivity contribution in [2.75, 3.05) is 7.05 Å². The molecule has 7 heteroatoms. The molecule has 0 aliphatic rings. The second kappa shape index (κ2) is 7.89. The molecular weight excluding hydrogens is 360 g/mol. The molecule has 116 valence electrons. The molecule has 1 rings (SSSR count). The Kier molecular flexibility index (Phi) is 7.14. The van der Waals surface area contributed by atoms with Crippen molar-refractivity contribution in [2.24, 2.45) is 5.92 Å². The van der Waals surface area contributed by atoms with Crippen molar-refractivity contribution >= 4 is 37.3 Å². The van der Waals surface area contributed by atoms with E-state index < -0.39 is 10.0 Å². The van der Waals surface area contributed by atoms with Gasteiger partial charge in [-0.3, -0.25) is 0 Å².